The van der Waals surface area contributed by atoms with Crippen molar-refractivity contribution in [3.63, 3.8) is 0 Å². The topological polar surface area (TPSA) is 175 Å². The molecular formula is C61H92O12. The van der Waals surface area contributed by atoms with E-state index in [9.17, 15) is 34.5 Å². The first-order valence-corrected chi connectivity index (χ1v) is 27.2. The lowest BCUT2D eigenvalue weighted by molar-refractivity contribution is -0.301. The molecule has 408 valence electrons. The number of carbonyl (C=O) groups excluding carboxylic acids is 3. The molecule has 1 fully saturated rings. The van der Waals surface area contributed by atoms with Crippen LogP contribution in [-0.4, -0.2) is 89.2 Å². The molecule has 1 aliphatic rings. The molecule has 12 heteroatoms. The third kappa shape index (κ3) is 38.2. The SMILES string of the molecule is CC/C=C\C/C=C\C/C=C\C/C=C\C/C=C\CC(=O)OC1C(OCC(COC(=O)CCCCCCC/C=C\C/C=C\CCCCC)OC(=O)CC/C=C\C/C=C\C/C=C\C/C=C\CC)OC(C(=O)O)C(O)C1O. The number of hydrogen-bond acceptors (Lipinski definition) is 11. The van der Waals surface area contributed by atoms with Gasteiger partial charge in [0.2, 0.25) is 0 Å². The highest BCUT2D eigenvalue weighted by molar-refractivity contribution is 5.74. The Balaban J connectivity index is 2.83. The first kappa shape index (κ1) is 65.9. The molecule has 1 aliphatic heterocycles. The Morgan fingerprint density at radius 3 is 1.44 bits per heavy atom. The lowest BCUT2D eigenvalue weighted by Crippen LogP contribution is -2.61. The number of carboxylic acids is 1. The van der Waals surface area contributed by atoms with E-state index in [2.05, 4.69) is 112 Å². The van der Waals surface area contributed by atoms with Crippen molar-refractivity contribution in [2.45, 2.75) is 212 Å². The fourth-order valence-corrected chi connectivity index (χ4v) is 7.13. The largest absolute Gasteiger partial charge is 0.479 e. The molecule has 6 atom stereocenters. The zero-order valence-electron chi connectivity index (χ0n) is 44.6. The van der Waals surface area contributed by atoms with E-state index < -0.39 is 67.3 Å². The summed E-state index contributed by atoms with van der Waals surface area (Å²) in [6.07, 6.45) is 54.8. The number of rotatable bonds is 43. The molecule has 0 saturated carbocycles. The van der Waals surface area contributed by atoms with E-state index in [1.54, 1.807) is 12.2 Å². The lowest BCUT2D eigenvalue weighted by Gasteiger charge is -2.40. The minimum atomic E-state index is -1.95. The van der Waals surface area contributed by atoms with Crippen LogP contribution >= 0.6 is 0 Å². The molecule has 6 unspecified atom stereocenters. The molecule has 0 aromatic carbocycles. The minimum Gasteiger partial charge on any atom is -0.479 e. The Labute approximate surface area is 439 Å². The summed E-state index contributed by atoms with van der Waals surface area (Å²) < 4.78 is 28.1. The maximum absolute atomic E-state index is 13.1. The average Bonchev–Trinajstić information content (AvgIpc) is 3.37. The van der Waals surface area contributed by atoms with Crippen LogP contribution in [0.15, 0.2) is 134 Å². The normalized spacial score (nSPS) is 19.4. The van der Waals surface area contributed by atoms with Gasteiger partial charge in [0.15, 0.2) is 24.6 Å². The van der Waals surface area contributed by atoms with Crippen LogP contribution in [0.25, 0.3) is 0 Å². The van der Waals surface area contributed by atoms with Crippen molar-refractivity contribution in [1.29, 1.82) is 0 Å². The lowest BCUT2D eigenvalue weighted by atomic mass is 9.98. The molecule has 12 nitrogen and oxygen atoms in total. The molecule has 1 rings (SSSR count). The summed E-state index contributed by atoms with van der Waals surface area (Å²) in [6.45, 7) is 5.58. The summed E-state index contributed by atoms with van der Waals surface area (Å²) in [5, 5.41) is 31.3. The maximum atomic E-state index is 13.1. The molecule has 0 radical (unpaired) electrons. The molecule has 1 saturated heterocycles. The Morgan fingerprint density at radius 2 is 0.932 bits per heavy atom. The predicted octanol–water partition coefficient (Wildman–Crippen LogP) is 13.4. The molecule has 0 spiro atoms. The van der Waals surface area contributed by atoms with Gasteiger partial charge < -0.3 is 39.0 Å². The summed E-state index contributed by atoms with van der Waals surface area (Å²) >= 11 is 0. The molecule has 0 bridgehead atoms. The summed E-state index contributed by atoms with van der Waals surface area (Å²) in [6, 6.07) is 0. The van der Waals surface area contributed by atoms with Crippen LogP contribution in [0, 0.1) is 0 Å². The fraction of sp³-hybridized carbons (Fsp3) is 0.574. The standard InChI is InChI=1S/C61H92O12/c1-4-7-10-13-16-19-22-25-27-30-32-35-38-41-44-47-53(62)69-50-52(71-54(63)48-45-42-39-36-33-29-24-21-18-15-12-9-6-3)51-70-61-59(57(66)56(65)58(73-61)60(67)68)72-55(64)49-46-43-40-37-34-31-28-26-23-20-17-14-11-8-5-2/h8-9,11-12,16-21,25-29,33-34,37,39,42-43,46,52,56-59,61,65-66H,4-7,10,13-15,22-24,30-32,35-36,38,40-41,44-45,47-51H2,1-3H3,(H,67,68)/b11-8-,12-9-,19-16-,20-17-,21-18-,27-25-,28-26-,33-29-,37-34-,42-39-,46-43-. The molecule has 0 amide bonds. The van der Waals surface area contributed by atoms with Crippen LogP contribution in [0.2, 0.25) is 0 Å². The van der Waals surface area contributed by atoms with Gasteiger partial charge >= 0.3 is 23.9 Å². The minimum absolute atomic E-state index is 0.0204. The van der Waals surface area contributed by atoms with Crippen molar-refractivity contribution in [2.75, 3.05) is 13.2 Å². The number of aliphatic carboxylic acids is 1. The van der Waals surface area contributed by atoms with Crippen molar-refractivity contribution in [1.82, 2.24) is 0 Å². The molecule has 1 heterocycles. The number of allylic oxidation sites excluding steroid dienone is 21. The molecular weight excluding hydrogens is 925 g/mol. The summed E-state index contributed by atoms with van der Waals surface area (Å²) in [5.74, 6) is -3.44. The second kappa shape index (κ2) is 47.8. The van der Waals surface area contributed by atoms with Gasteiger partial charge in [0.05, 0.1) is 13.0 Å². The van der Waals surface area contributed by atoms with Crippen molar-refractivity contribution >= 4 is 23.9 Å². The van der Waals surface area contributed by atoms with Crippen molar-refractivity contribution < 1.29 is 58.2 Å². The van der Waals surface area contributed by atoms with Gasteiger partial charge in [-0.15, -0.1) is 0 Å². The van der Waals surface area contributed by atoms with Crippen molar-refractivity contribution in [3.05, 3.63) is 134 Å². The van der Waals surface area contributed by atoms with Gasteiger partial charge in [-0.3, -0.25) is 14.4 Å². The summed E-state index contributed by atoms with van der Waals surface area (Å²) in [5.41, 5.74) is 0. The first-order chi connectivity index (χ1) is 35.6. The fourth-order valence-electron chi connectivity index (χ4n) is 7.13. The summed E-state index contributed by atoms with van der Waals surface area (Å²) in [4.78, 5) is 50.9. The van der Waals surface area contributed by atoms with Gasteiger partial charge in [-0.1, -0.05) is 187 Å². The van der Waals surface area contributed by atoms with E-state index in [1.165, 1.54) is 19.3 Å². The van der Waals surface area contributed by atoms with Crippen molar-refractivity contribution in [3.8, 4) is 0 Å². The van der Waals surface area contributed by atoms with E-state index in [4.69, 9.17) is 23.7 Å². The molecule has 0 aliphatic carbocycles. The number of hydrogen-bond donors (Lipinski definition) is 3. The summed E-state index contributed by atoms with van der Waals surface area (Å²) in [7, 11) is 0. The van der Waals surface area contributed by atoms with Crippen molar-refractivity contribution in [2.24, 2.45) is 0 Å². The van der Waals surface area contributed by atoms with E-state index in [1.807, 2.05) is 30.4 Å². The van der Waals surface area contributed by atoms with Crippen LogP contribution in [-0.2, 0) is 42.9 Å². The number of carbonyl (C=O) groups is 4. The van der Waals surface area contributed by atoms with Crippen LogP contribution in [0.3, 0.4) is 0 Å². The average molecular weight is 1020 g/mol. The highest BCUT2D eigenvalue weighted by Crippen LogP contribution is 2.26. The molecule has 73 heavy (non-hydrogen) atoms. The maximum Gasteiger partial charge on any atom is 0.335 e. The first-order valence-electron chi connectivity index (χ1n) is 27.2. The Bertz CT molecular complexity index is 1780. The number of ether oxygens (including phenoxy) is 5. The second-order valence-corrected chi connectivity index (χ2v) is 17.8. The van der Waals surface area contributed by atoms with Gasteiger partial charge in [-0.2, -0.15) is 0 Å². The second-order valence-electron chi connectivity index (χ2n) is 17.8. The Hall–Kier alpha value is -5.14. The quantitative estimate of drug-likeness (QED) is 0.0228. The highest BCUT2D eigenvalue weighted by atomic mass is 16.7. The zero-order chi connectivity index (χ0) is 53.3. The third-order valence-electron chi connectivity index (χ3n) is 11.2. The molecule has 0 aromatic heterocycles. The van der Waals surface area contributed by atoms with Gasteiger partial charge in [-0.25, -0.2) is 4.79 Å². The smallest absolute Gasteiger partial charge is 0.335 e. The highest BCUT2D eigenvalue weighted by Gasteiger charge is 2.50. The molecule has 3 N–H and O–H groups in total. The van der Waals surface area contributed by atoms with Crippen LogP contribution < -0.4 is 0 Å². The number of esters is 3. The van der Waals surface area contributed by atoms with Gasteiger partial charge in [0.1, 0.15) is 18.8 Å². The van der Waals surface area contributed by atoms with E-state index in [0.29, 0.717) is 25.7 Å². The predicted molar refractivity (Wildman–Crippen MR) is 293 cm³/mol. The van der Waals surface area contributed by atoms with E-state index >= 15 is 0 Å². The van der Waals surface area contributed by atoms with Gasteiger partial charge in [0, 0.05) is 12.8 Å². The van der Waals surface area contributed by atoms with E-state index in [-0.39, 0.29) is 25.9 Å². The Kier molecular flexibility index (Phi) is 43.2. The number of aliphatic hydroxyl groups excluding tert-OH is 2. The van der Waals surface area contributed by atoms with Gasteiger partial charge in [0.25, 0.3) is 0 Å². The molecule has 0 aromatic rings. The third-order valence-corrected chi connectivity index (χ3v) is 11.2. The number of aliphatic hydroxyl groups is 2. The zero-order valence-corrected chi connectivity index (χ0v) is 44.6. The number of unbranched alkanes of at least 4 members (excludes halogenated alkanes) is 8. The van der Waals surface area contributed by atoms with Crippen LogP contribution in [0.5, 0.6) is 0 Å². The van der Waals surface area contributed by atoms with Gasteiger partial charge in [-0.05, 0) is 103 Å². The monoisotopic (exact) mass is 1020 g/mol. The Morgan fingerprint density at radius 1 is 0.479 bits per heavy atom. The van der Waals surface area contributed by atoms with E-state index in [0.717, 1.165) is 89.9 Å². The number of carboxylic acid groups (broad SMARTS) is 1. The van der Waals surface area contributed by atoms with Crippen LogP contribution in [0.4, 0.5) is 0 Å². The van der Waals surface area contributed by atoms with Crippen LogP contribution in [0.1, 0.15) is 175 Å².